The highest BCUT2D eigenvalue weighted by molar-refractivity contribution is 7.99. The third kappa shape index (κ3) is 4.36. The Bertz CT molecular complexity index is 978. The van der Waals surface area contributed by atoms with Gasteiger partial charge in [-0.1, -0.05) is 36.9 Å². The second-order valence-electron chi connectivity index (χ2n) is 6.25. The number of nitrogens with one attached hydrogen (secondary N) is 1. The molecule has 2 heterocycles. The first-order valence-corrected chi connectivity index (χ1v) is 9.85. The first kappa shape index (κ1) is 19.1. The molecule has 0 fully saturated rings. The Hall–Kier alpha value is -2.67. The van der Waals surface area contributed by atoms with E-state index >= 15 is 0 Å². The molecule has 140 valence electrons. The first-order valence-electron chi connectivity index (χ1n) is 8.87. The van der Waals surface area contributed by atoms with Crippen LogP contribution in [0.2, 0.25) is 0 Å². The molecule has 0 aliphatic rings. The summed E-state index contributed by atoms with van der Waals surface area (Å²) in [6, 6.07) is 7.87. The quantitative estimate of drug-likeness (QED) is 0.498. The van der Waals surface area contributed by atoms with E-state index in [0.717, 1.165) is 35.5 Å². The van der Waals surface area contributed by atoms with Gasteiger partial charge in [-0.05, 0) is 49.9 Å². The number of amides is 1. The van der Waals surface area contributed by atoms with Gasteiger partial charge in [0.1, 0.15) is 0 Å². The predicted octanol–water partition coefficient (Wildman–Crippen LogP) is 3.76. The van der Waals surface area contributed by atoms with Gasteiger partial charge in [-0.3, -0.25) is 4.79 Å². The molecule has 0 bridgehead atoms. The zero-order valence-corrected chi connectivity index (χ0v) is 16.6. The van der Waals surface area contributed by atoms with Crippen molar-refractivity contribution in [3.63, 3.8) is 0 Å². The highest BCUT2D eigenvalue weighted by Crippen LogP contribution is 2.19. The second-order valence-corrected chi connectivity index (χ2v) is 7.19. The standard InChI is InChI=1S/C20H23N5OS/c1-5-7-17-13(3)21-19-23-20(24-25(19)14(17)4)27-12-18(26)22-16-10-8-15(6-2)9-11-16/h5,8-11H,1,6-7,12H2,2-4H3,(H,22,26). The van der Waals surface area contributed by atoms with Crippen molar-refractivity contribution in [3.8, 4) is 0 Å². The van der Waals surface area contributed by atoms with Crippen LogP contribution < -0.4 is 5.32 Å². The van der Waals surface area contributed by atoms with E-state index in [0.29, 0.717) is 10.9 Å². The van der Waals surface area contributed by atoms with Crippen LogP contribution in [-0.4, -0.2) is 31.2 Å². The van der Waals surface area contributed by atoms with Gasteiger partial charge in [-0.25, -0.2) is 9.50 Å². The molecule has 0 aliphatic heterocycles. The summed E-state index contributed by atoms with van der Waals surface area (Å²) in [7, 11) is 0. The van der Waals surface area contributed by atoms with E-state index in [1.54, 1.807) is 4.52 Å². The Morgan fingerprint density at radius 1 is 1.26 bits per heavy atom. The summed E-state index contributed by atoms with van der Waals surface area (Å²) in [5, 5.41) is 7.92. The average molecular weight is 382 g/mol. The van der Waals surface area contributed by atoms with Gasteiger partial charge in [-0.2, -0.15) is 4.98 Å². The largest absolute Gasteiger partial charge is 0.325 e. The van der Waals surface area contributed by atoms with E-state index in [2.05, 4.69) is 33.9 Å². The number of carbonyl (C=O) groups excluding carboxylic acids is 1. The number of aryl methyl sites for hydroxylation is 3. The molecule has 27 heavy (non-hydrogen) atoms. The van der Waals surface area contributed by atoms with Gasteiger partial charge in [0.05, 0.1) is 5.75 Å². The molecule has 0 unspecified atom stereocenters. The molecule has 3 aromatic rings. The van der Waals surface area contributed by atoms with Crippen LogP contribution in [0.4, 0.5) is 5.69 Å². The summed E-state index contributed by atoms with van der Waals surface area (Å²) in [5.41, 5.74) is 5.06. The highest BCUT2D eigenvalue weighted by Gasteiger charge is 2.14. The normalized spacial score (nSPS) is 10.9. The smallest absolute Gasteiger partial charge is 0.253 e. The van der Waals surface area contributed by atoms with E-state index in [1.807, 2.05) is 44.2 Å². The number of benzene rings is 1. The zero-order valence-electron chi connectivity index (χ0n) is 15.8. The van der Waals surface area contributed by atoms with Crippen LogP contribution in [0.3, 0.4) is 0 Å². The molecule has 0 radical (unpaired) electrons. The lowest BCUT2D eigenvalue weighted by Gasteiger charge is -2.07. The molecule has 0 saturated heterocycles. The van der Waals surface area contributed by atoms with Crippen LogP contribution >= 0.6 is 11.8 Å². The van der Waals surface area contributed by atoms with Gasteiger partial charge < -0.3 is 5.32 Å². The number of rotatable bonds is 7. The lowest BCUT2D eigenvalue weighted by atomic mass is 10.1. The minimum atomic E-state index is -0.0867. The maximum Gasteiger partial charge on any atom is 0.253 e. The highest BCUT2D eigenvalue weighted by atomic mass is 32.2. The number of thioether (sulfide) groups is 1. The number of anilines is 1. The lowest BCUT2D eigenvalue weighted by molar-refractivity contribution is -0.113. The summed E-state index contributed by atoms with van der Waals surface area (Å²) in [4.78, 5) is 21.1. The summed E-state index contributed by atoms with van der Waals surface area (Å²) >= 11 is 1.30. The topological polar surface area (TPSA) is 72.2 Å². The third-order valence-electron chi connectivity index (χ3n) is 4.36. The summed E-state index contributed by atoms with van der Waals surface area (Å²) in [6.45, 7) is 9.86. The number of aromatic nitrogens is 4. The Balaban J connectivity index is 1.68. The van der Waals surface area contributed by atoms with Crippen molar-refractivity contribution in [2.24, 2.45) is 0 Å². The molecule has 3 rings (SSSR count). The summed E-state index contributed by atoms with van der Waals surface area (Å²) in [5.74, 6) is 0.705. The van der Waals surface area contributed by atoms with Crippen LogP contribution in [0.5, 0.6) is 0 Å². The van der Waals surface area contributed by atoms with Crippen molar-refractivity contribution in [2.75, 3.05) is 11.1 Å². The molecule has 0 atom stereocenters. The molecule has 6 nitrogen and oxygen atoms in total. The molecule has 0 spiro atoms. The van der Waals surface area contributed by atoms with Crippen molar-refractivity contribution in [1.29, 1.82) is 0 Å². The predicted molar refractivity (Wildman–Crippen MR) is 109 cm³/mol. The van der Waals surface area contributed by atoms with Crippen LogP contribution in [-0.2, 0) is 17.6 Å². The Labute approximate surface area is 163 Å². The fourth-order valence-corrected chi connectivity index (χ4v) is 3.46. The Morgan fingerprint density at radius 3 is 2.67 bits per heavy atom. The Kier molecular flexibility index (Phi) is 5.91. The number of nitrogens with zero attached hydrogens (tertiary/aromatic N) is 4. The van der Waals surface area contributed by atoms with Crippen molar-refractivity contribution in [1.82, 2.24) is 19.6 Å². The fraction of sp³-hybridized carbons (Fsp3) is 0.300. The molecule has 2 aromatic heterocycles. The van der Waals surface area contributed by atoms with Gasteiger partial charge in [0, 0.05) is 17.1 Å². The van der Waals surface area contributed by atoms with Crippen LogP contribution in [0, 0.1) is 13.8 Å². The third-order valence-corrected chi connectivity index (χ3v) is 5.19. The molecule has 1 N–H and O–H groups in total. The maximum atomic E-state index is 12.2. The number of carbonyl (C=O) groups is 1. The Morgan fingerprint density at radius 2 is 2.00 bits per heavy atom. The van der Waals surface area contributed by atoms with Gasteiger partial charge in [0.25, 0.3) is 5.78 Å². The van der Waals surface area contributed by atoms with E-state index < -0.39 is 0 Å². The van der Waals surface area contributed by atoms with Crippen molar-refractivity contribution >= 4 is 29.1 Å². The van der Waals surface area contributed by atoms with Crippen molar-refractivity contribution in [3.05, 3.63) is 59.4 Å². The summed E-state index contributed by atoms with van der Waals surface area (Å²) < 4.78 is 1.73. The number of fused-ring (bicyclic) bond motifs is 1. The minimum absolute atomic E-state index is 0.0867. The maximum absolute atomic E-state index is 12.2. The first-order chi connectivity index (χ1) is 13.0. The van der Waals surface area contributed by atoms with E-state index in [4.69, 9.17) is 0 Å². The molecule has 1 aromatic carbocycles. The number of hydrogen-bond donors (Lipinski definition) is 1. The zero-order chi connectivity index (χ0) is 19.4. The molecule has 0 saturated carbocycles. The number of hydrogen-bond acceptors (Lipinski definition) is 5. The fourth-order valence-electron chi connectivity index (χ4n) is 2.84. The minimum Gasteiger partial charge on any atom is -0.325 e. The monoisotopic (exact) mass is 381 g/mol. The molecule has 1 amide bonds. The van der Waals surface area contributed by atoms with Gasteiger partial charge in [-0.15, -0.1) is 11.7 Å². The lowest BCUT2D eigenvalue weighted by Crippen LogP contribution is -2.14. The van der Waals surface area contributed by atoms with Crippen LogP contribution in [0.15, 0.2) is 42.1 Å². The second kappa shape index (κ2) is 8.35. The van der Waals surface area contributed by atoms with E-state index in [9.17, 15) is 4.79 Å². The SMILES string of the molecule is C=CCc1c(C)nc2nc(SCC(=O)Nc3ccc(CC)cc3)nn2c1C. The van der Waals surface area contributed by atoms with E-state index in [1.165, 1.54) is 17.3 Å². The van der Waals surface area contributed by atoms with Gasteiger partial charge >= 0.3 is 0 Å². The van der Waals surface area contributed by atoms with Gasteiger partial charge in [0.15, 0.2) is 0 Å². The van der Waals surface area contributed by atoms with Crippen LogP contribution in [0.1, 0.15) is 29.4 Å². The molecular weight excluding hydrogens is 358 g/mol. The van der Waals surface area contributed by atoms with Crippen molar-refractivity contribution in [2.45, 2.75) is 38.8 Å². The molecule has 0 aliphatic carbocycles. The van der Waals surface area contributed by atoms with E-state index in [-0.39, 0.29) is 11.7 Å². The van der Waals surface area contributed by atoms with Crippen molar-refractivity contribution < 1.29 is 4.79 Å². The molecular formula is C20H23N5OS. The van der Waals surface area contributed by atoms with Gasteiger partial charge in [0.2, 0.25) is 11.1 Å². The average Bonchev–Trinajstić information content (AvgIpc) is 3.07. The van der Waals surface area contributed by atoms with Crippen LogP contribution in [0.25, 0.3) is 5.78 Å². The summed E-state index contributed by atoms with van der Waals surface area (Å²) in [6.07, 6.45) is 3.57. The molecule has 7 heteroatoms. The number of allylic oxidation sites excluding steroid dienone is 1.